The number of aryl methyl sites for hydroxylation is 1. The zero-order chi connectivity index (χ0) is 19.5. The second kappa shape index (κ2) is 8.38. The Labute approximate surface area is 170 Å². The van der Waals surface area contributed by atoms with Crippen molar-refractivity contribution in [3.63, 3.8) is 0 Å². The molecule has 146 valence electrons. The second-order valence-corrected chi connectivity index (χ2v) is 8.02. The minimum absolute atomic E-state index is 0.162. The summed E-state index contributed by atoms with van der Waals surface area (Å²) in [7, 11) is 0. The van der Waals surface area contributed by atoms with Gasteiger partial charge in [-0.1, -0.05) is 54.1 Å². The first kappa shape index (κ1) is 19.0. The van der Waals surface area contributed by atoms with Crippen LogP contribution >= 0.6 is 11.6 Å². The Hall–Kier alpha value is -2.30. The van der Waals surface area contributed by atoms with Gasteiger partial charge in [0.25, 0.3) is 5.91 Å². The largest absolute Gasteiger partial charge is 0.449 e. The summed E-state index contributed by atoms with van der Waals surface area (Å²) in [6, 6.07) is 16.1. The van der Waals surface area contributed by atoms with Crippen molar-refractivity contribution in [1.82, 2.24) is 10.2 Å². The maximum atomic E-state index is 12.7. The molecule has 1 fully saturated rings. The average molecular weight is 397 g/mol. The number of piperidine rings is 1. The van der Waals surface area contributed by atoms with Crippen molar-refractivity contribution in [2.75, 3.05) is 19.6 Å². The van der Waals surface area contributed by atoms with Gasteiger partial charge in [-0.2, -0.15) is 0 Å². The third-order valence-electron chi connectivity index (χ3n) is 5.53. The summed E-state index contributed by atoms with van der Waals surface area (Å²) >= 11 is 6.20. The number of fused-ring (bicyclic) bond motifs is 1. The van der Waals surface area contributed by atoms with Gasteiger partial charge in [-0.3, -0.25) is 9.69 Å². The maximum absolute atomic E-state index is 12.7. The number of nitrogens with zero attached hydrogens (tertiary/aromatic N) is 1. The smallest absolute Gasteiger partial charge is 0.287 e. The van der Waals surface area contributed by atoms with E-state index >= 15 is 0 Å². The van der Waals surface area contributed by atoms with E-state index in [1.54, 1.807) is 6.07 Å². The summed E-state index contributed by atoms with van der Waals surface area (Å²) in [5.41, 5.74) is 2.75. The molecule has 2 heterocycles. The van der Waals surface area contributed by atoms with E-state index in [1.165, 1.54) is 5.56 Å². The highest BCUT2D eigenvalue weighted by molar-refractivity contribution is 6.35. The van der Waals surface area contributed by atoms with Crippen LogP contribution in [0.5, 0.6) is 0 Å². The summed E-state index contributed by atoms with van der Waals surface area (Å²) in [5.74, 6) is 0.652. The van der Waals surface area contributed by atoms with Gasteiger partial charge < -0.3 is 9.73 Å². The molecule has 0 saturated carbocycles. The van der Waals surface area contributed by atoms with Crippen LogP contribution < -0.4 is 5.32 Å². The number of furan rings is 1. The molecule has 3 aromatic rings. The van der Waals surface area contributed by atoms with Crippen molar-refractivity contribution in [2.45, 2.75) is 26.3 Å². The number of rotatable bonds is 5. The lowest BCUT2D eigenvalue weighted by Crippen LogP contribution is -2.40. The summed E-state index contributed by atoms with van der Waals surface area (Å²) in [5, 5.41) is 4.50. The van der Waals surface area contributed by atoms with Crippen LogP contribution in [-0.2, 0) is 6.54 Å². The minimum atomic E-state index is -0.162. The number of hydrogen-bond acceptors (Lipinski definition) is 3. The lowest BCUT2D eigenvalue weighted by atomic mass is 9.97. The summed E-state index contributed by atoms with van der Waals surface area (Å²) in [6.07, 6.45) is 2.29. The molecule has 0 spiro atoms. The van der Waals surface area contributed by atoms with E-state index in [-0.39, 0.29) is 5.91 Å². The van der Waals surface area contributed by atoms with E-state index < -0.39 is 0 Å². The number of hydrogen-bond donors (Lipinski definition) is 1. The van der Waals surface area contributed by atoms with Crippen LogP contribution in [0.2, 0.25) is 5.02 Å². The molecule has 1 atom stereocenters. The fourth-order valence-corrected chi connectivity index (χ4v) is 4.26. The first-order valence-corrected chi connectivity index (χ1v) is 10.2. The predicted octanol–water partition coefficient (Wildman–Crippen LogP) is 5.04. The van der Waals surface area contributed by atoms with Gasteiger partial charge in [0.2, 0.25) is 0 Å². The molecule has 0 aliphatic carbocycles. The maximum Gasteiger partial charge on any atom is 0.287 e. The number of carbonyl (C=O) groups is 1. The van der Waals surface area contributed by atoms with Crippen LogP contribution in [0, 0.1) is 12.8 Å². The van der Waals surface area contributed by atoms with Crippen molar-refractivity contribution in [1.29, 1.82) is 0 Å². The van der Waals surface area contributed by atoms with Crippen molar-refractivity contribution in [2.24, 2.45) is 5.92 Å². The third kappa shape index (κ3) is 4.08. The molecule has 1 aliphatic rings. The molecule has 2 aromatic carbocycles. The molecule has 0 radical (unpaired) electrons. The molecule has 4 rings (SSSR count). The molecule has 1 saturated heterocycles. The first-order valence-electron chi connectivity index (χ1n) is 9.84. The van der Waals surface area contributed by atoms with Gasteiger partial charge in [0, 0.05) is 30.6 Å². The lowest BCUT2D eigenvalue weighted by Gasteiger charge is -2.32. The van der Waals surface area contributed by atoms with Gasteiger partial charge in [0.05, 0.1) is 5.02 Å². The molecular formula is C23H25ClN2O2. The Balaban J connectivity index is 1.37. The Bertz CT molecular complexity index is 967. The summed E-state index contributed by atoms with van der Waals surface area (Å²) in [6.45, 7) is 5.64. The lowest BCUT2D eigenvalue weighted by molar-refractivity contribution is 0.0904. The zero-order valence-corrected chi connectivity index (χ0v) is 16.8. The van der Waals surface area contributed by atoms with Crippen molar-refractivity contribution in [3.8, 4) is 0 Å². The van der Waals surface area contributed by atoms with Crippen LogP contribution in [0.3, 0.4) is 0 Å². The van der Waals surface area contributed by atoms with Crippen LogP contribution in [0.1, 0.15) is 34.5 Å². The van der Waals surface area contributed by atoms with Gasteiger partial charge in [0.1, 0.15) is 0 Å². The number of nitrogens with one attached hydrogen (secondary N) is 1. The van der Waals surface area contributed by atoms with E-state index in [1.807, 2.05) is 25.1 Å². The van der Waals surface area contributed by atoms with Gasteiger partial charge in [0.15, 0.2) is 11.3 Å². The number of amides is 1. The van der Waals surface area contributed by atoms with Gasteiger partial charge in [-0.15, -0.1) is 0 Å². The van der Waals surface area contributed by atoms with E-state index in [0.717, 1.165) is 43.4 Å². The number of likely N-dealkylation sites (tertiary alicyclic amines) is 1. The van der Waals surface area contributed by atoms with Crippen molar-refractivity contribution < 1.29 is 9.21 Å². The molecule has 1 amide bonds. The second-order valence-electron chi connectivity index (χ2n) is 7.61. The van der Waals surface area contributed by atoms with E-state index in [4.69, 9.17) is 16.0 Å². The van der Waals surface area contributed by atoms with E-state index in [2.05, 4.69) is 34.5 Å². The molecule has 1 N–H and O–H groups in total. The highest BCUT2D eigenvalue weighted by Gasteiger charge is 2.23. The van der Waals surface area contributed by atoms with Crippen molar-refractivity contribution >= 4 is 28.5 Å². The van der Waals surface area contributed by atoms with Gasteiger partial charge in [-0.05, 0) is 43.9 Å². The molecular weight excluding hydrogens is 372 g/mol. The van der Waals surface area contributed by atoms with E-state index in [9.17, 15) is 4.79 Å². The topological polar surface area (TPSA) is 45.5 Å². The van der Waals surface area contributed by atoms with Crippen LogP contribution in [0.15, 0.2) is 52.9 Å². The molecule has 0 bridgehead atoms. The fourth-order valence-electron chi connectivity index (χ4n) is 4.05. The number of carbonyl (C=O) groups excluding carboxylic acids is 1. The number of para-hydroxylation sites is 1. The average Bonchev–Trinajstić information content (AvgIpc) is 3.05. The minimum Gasteiger partial charge on any atom is -0.449 e. The molecule has 1 unspecified atom stereocenters. The van der Waals surface area contributed by atoms with Gasteiger partial charge >= 0.3 is 0 Å². The highest BCUT2D eigenvalue weighted by atomic mass is 35.5. The molecule has 5 heteroatoms. The monoisotopic (exact) mass is 396 g/mol. The first-order chi connectivity index (χ1) is 13.6. The Kier molecular flexibility index (Phi) is 5.69. The normalized spacial score (nSPS) is 17.7. The summed E-state index contributed by atoms with van der Waals surface area (Å²) in [4.78, 5) is 15.2. The van der Waals surface area contributed by atoms with Crippen molar-refractivity contribution in [3.05, 3.63) is 70.4 Å². The SMILES string of the molecule is Cc1c(C(=O)NCC2CCCN(Cc3ccccc3)C2)oc2c(Cl)cccc12. The van der Waals surface area contributed by atoms with E-state index in [0.29, 0.717) is 28.8 Å². The summed E-state index contributed by atoms with van der Waals surface area (Å²) < 4.78 is 5.78. The molecule has 1 aromatic heterocycles. The predicted molar refractivity (Wildman–Crippen MR) is 113 cm³/mol. The quantitative estimate of drug-likeness (QED) is 0.657. The number of benzene rings is 2. The Morgan fingerprint density at radius 2 is 2.04 bits per heavy atom. The van der Waals surface area contributed by atoms with Crippen LogP contribution in [0.4, 0.5) is 0 Å². The zero-order valence-electron chi connectivity index (χ0n) is 16.1. The fraction of sp³-hybridized carbons (Fsp3) is 0.348. The molecule has 4 nitrogen and oxygen atoms in total. The van der Waals surface area contributed by atoms with Crippen LogP contribution in [0.25, 0.3) is 11.0 Å². The Morgan fingerprint density at radius 1 is 1.21 bits per heavy atom. The highest BCUT2D eigenvalue weighted by Crippen LogP contribution is 2.30. The van der Waals surface area contributed by atoms with Crippen LogP contribution in [-0.4, -0.2) is 30.4 Å². The number of halogens is 1. The Morgan fingerprint density at radius 3 is 2.82 bits per heavy atom. The molecule has 28 heavy (non-hydrogen) atoms. The third-order valence-corrected chi connectivity index (χ3v) is 5.82. The standard InChI is InChI=1S/C23H25ClN2O2/c1-16-19-10-5-11-20(24)22(19)28-21(16)23(27)25-13-18-9-6-12-26(15-18)14-17-7-3-2-4-8-17/h2-5,7-8,10-11,18H,6,9,12-15H2,1H3,(H,25,27). The molecule has 1 aliphatic heterocycles. The van der Waals surface area contributed by atoms with Gasteiger partial charge in [-0.25, -0.2) is 0 Å².